The van der Waals surface area contributed by atoms with Crippen molar-refractivity contribution in [2.75, 3.05) is 36.4 Å². The van der Waals surface area contributed by atoms with E-state index in [1.165, 1.54) is 11.3 Å². The fourth-order valence-corrected chi connectivity index (χ4v) is 3.18. The summed E-state index contributed by atoms with van der Waals surface area (Å²) in [5.74, 6) is 0.487. The van der Waals surface area contributed by atoms with E-state index in [9.17, 15) is 4.79 Å². The van der Waals surface area contributed by atoms with Crippen LogP contribution >= 0.6 is 11.3 Å². The second-order valence-electron chi connectivity index (χ2n) is 5.06. The molecule has 3 heterocycles. The lowest BCUT2D eigenvalue weighted by atomic mass is 10.2. The Morgan fingerprint density at radius 2 is 2.14 bits per heavy atom. The van der Waals surface area contributed by atoms with Gasteiger partial charge in [0.1, 0.15) is 5.82 Å². The lowest BCUT2D eigenvalue weighted by Gasteiger charge is -2.29. The molecule has 6 heteroatoms. The number of piperazine rings is 1. The number of carbonyl (C=O) groups is 1. The van der Waals surface area contributed by atoms with Crippen LogP contribution in [0.5, 0.6) is 0 Å². The van der Waals surface area contributed by atoms with Gasteiger partial charge in [0.05, 0.1) is 17.4 Å². The summed E-state index contributed by atoms with van der Waals surface area (Å²) in [7, 11) is 0. The molecular weight excluding hydrogens is 284 g/mol. The number of hydrogen-bond acceptors (Lipinski definition) is 5. The highest BCUT2D eigenvalue weighted by Crippen LogP contribution is 2.18. The van der Waals surface area contributed by atoms with Crippen LogP contribution in [0, 0.1) is 6.92 Å². The number of hydrogen-bond donors (Lipinski definition) is 2. The van der Waals surface area contributed by atoms with Gasteiger partial charge in [-0.2, -0.15) is 11.3 Å². The van der Waals surface area contributed by atoms with Gasteiger partial charge in [-0.3, -0.25) is 4.79 Å². The first-order valence-corrected chi connectivity index (χ1v) is 7.94. The molecule has 2 N–H and O–H groups in total. The number of nitrogens with zero attached hydrogens (tertiary/aromatic N) is 2. The van der Waals surface area contributed by atoms with Gasteiger partial charge in [0.25, 0.3) is 5.91 Å². The lowest BCUT2D eigenvalue weighted by Crippen LogP contribution is -2.43. The molecule has 3 rings (SSSR count). The minimum Gasteiger partial charge on any atom is -0.368 e. The van der Waals surface area contributed by atoms with E-state index in [4.69, 9.17) is 0 Å². The third kappa shape index (κ3) is 3.22. The summed E-state index contributed by atoms with van der Waals surface area (Å²) >= 11 is 1.53. The fraction of sp³-hybridized carbons (Fsp3) is 0.333. The largest absolute Gasteiger partial charge is 0.368 e. The summed E-state index contributed by atoms with van der Waals surface area (Å²) < 4.78 is 0. The second kappa shape index (κ2) is 6.24. The van der Waals surface area contributed by atoms with Gasteiger partial charge in [0.15, 0.2) is 0 Å². The molecule has 1 saturated heterocycles. The van der Waals surface area contributed by atoms with Crippen LogP contribution in [-0.2, 0) is 0 Å². The van der Waals surface area contributed by atoms with E-state index in [0.717, 1.165) is 37.4 Å². The van der Waals surface area contributed by atoms with Crippen LogP contribution in [0.3, 0.4) is 0 Å². The third-order valence-electron chi connectivity index (χ3n) is 3.57. The van der Waals surface area contributed by atoms with Gasteiger partial charge in [-0.05, 0) is 30.0 Å². The second-order valence-corrected chi connectivity index (χ2v) is 5.80. The molecule has 0 spiro atoms. The molecule has 5 nitrogen and oxygen atoms in total. The van der Waals surface area contributed by atoms with Gasteiger partial charge in [0, 0.05) is 31.6 Å². The number of thiophene rings is 1. The van der Waals surface area contributed by atoms with Gasteiger partial charge < -0.3 is 15.5 Å². The minimum atomic E-state index is -0.101. The van der Waals surface area contributed by atoms with Crippen molar-refractivity contribution in [1.82, 2.24) is 10.3 Å². The molecule has 1 aliphatic heterocycles. The monoisotopic (exact) mass is 302 g/mol. The molecule has 0 radical (unpaired) electrons. The Labute approximate surface area is 128 Å². The third-order valence-corrected chi connectivity index (χ3v) is 4.43. The lowest BCUT2D eigenvalue weighted by molar-refractivity contribution is 0.102. The number of amides is 1. The number of carbonyl (C=O) groups excluding carboxylic acids is 1. The summed E-state index contributed by atoms with van der Waals surface area (Å²) in [6, 6.07) is 3.87. The topological polar surface area (TPSA) is 57.3 Å². The van der Waals surface area contributed by atoms with E-state index in [2.05, 4.69) is 20.5 Å². The van der Waals surface area contributed by atoms with Crippen LogP contribution in [0.25, 0.3) is 0 Å². The summed E-state index contributed by atoms with van der Waals surface area (Å²) in [5.41, 5.74) is 2.81. The maximum absolute atomic E-state index is 12.1. The molecular formula is C15H18N4OS. The average Bonchev–Trinajstić information content (AvgIpc) is 2.95. The normalized spacial score (nSPS) is 15.0. The quantitative estimate of drug-likeness (QED) is 0.912. The standard InChI is InChI=1S/C15H18N4OS/c1-11-9-21-10-13(11)15(20)18-14-3-2-12(8-17-14)19-6-4-16-5-7-19/h2-3,8-10,16H,4-7H2,1H3,(H,17,18,20). The Hall–Kier alpha value is -1.92. The molecule has 0 bridgehead atoms. The highest BCUT2D eigenvalue weighted by Gasteiger charge is 2.13. The Morgan fingerprint density at radius 1 is 1.33 bits per heavy atom. The maximum atomic E-state index is 12.1. The first-order valence-electron chi connectivity index (χ1n) is 7.00. The van der Waals surface area contributed by atoms with Gasteiger partial charge >= 0.3 is 0 Å². The predicted molar refractivity (Wildman–Crippen MR) is 86.3 cm³/mol. The number of pyridine rings is 1. The van der Waals surface area contributed by atoms with Crippen molar-refractivity contribution in [1.29, 1.82) is 0 Å². The van der Waals surface area contributed by atoms with Crippen molar-refractivity contribution in [3.8, 4) is 0 Å². The molecule has 2 aromatic rings. The molecule has 110 valence electrons. The van der Waals surface area contributed by atoms with E-state index in [1.807, 2.05) is 36.0 Å². The molecule has 2 aromatic heterocycles. The molecule has 0 saturated carbocycles. The first kappa shape index (κ1) is 14.0. The zero-order chi connectivity index (χ0) is 14.7. The Kier molecular flexibility index (Phi) is 4.17. The molecule has 1 fully saturated rings. The van der Waals surface area contributed by atoms with Crippen LogP contribution in [0.1, 0.15) is 15.9 Å². The van der Waals surface area contributed by atoms with E-state index in [1.54, 1.807) is 0 Å². The van der Waals surface area contributed by atoms with Gasteiger partial charge in [-0.1, -0.05) is 0 Å². The van der Waals surface area contributed by atoms with Crippen molar-refractivity contribution < 1.29 is 4.79 Å². The number of rotatable bonds is 3. The van der Waals surface area contributed by atoms with E-state index < -0.39 is 0 Å². The first-order chi connectivity index (χ1) is 10.2. The number of aryl methyl sites for hydroxylation is 1. The van der Waals surface area contributed by atoms with Crippen molar-refractivity contribution >= 4 is 28.7 Å². The molecule has 0 unspecified atom stereocenters. The summed E-state index contributed by atoms with van der Waals surface area (Å²) in [6.45, 7) is 5.90. The van der Waals surface area contributed by atoms with Crippen molar-refractivity contribution in [2.24, 2.45) is 0 Å². The SMILES string of the molecule is Cc1cscc1C(=O)Nc1ccc(N2CCNCC2)cn1. The van der Waals surface area contributed by atoms with Crippen LogP contribution in [0.2, 0.25) is 0 Å². The fourth-order valence-electron chi connectivity index (χ4n) is 2.35. The van der Waals surface area contributed by atoms with Gasteiger partial charge in [0.2, 0.25) is 0 Å². The molecule has 21 heavy (non-hydrogen) atoms. The molecule has 0 aliphatic carbocycles. The van der Waals surface area contributed by atoms with Crippen LogP contribution in [0.15, 0.2) is 29.1 Å². The molecule has 0 atom stereocenters. The zero-order valence-corrected chi connectivity index (χ0v) is 12.7. The van der Waals surface area contributed by atoms with Crippen LogP contribution in [0.4, 0.5) is 11.5 Å². The molecule has 1 aliphatic rings. The van der Waals surface area contributed by atoms with Crippen LogP contribution < -0.4 is 15.5 Å². The summed E-state index contributed by atoms with van der Waals surface area (Å²) in [4.78, 5) is 18.8. The van der Waals surface area contributed by atoms with Crippen LogP contribution in [-0.4, -0.2) is 37.1 Å². The Bertz CT molecular complexity index is 617. The Balaban J connectivity index is 1.67. The van der Waals surface area contributed by atoms with Gasteiger partial charge in [-0.15, -0.1) is 0 Å². The van der Waals surface area contributed by atoms with E-state index in [-0.39, 0.29) is 5.91 Å². The van der Waals surface area contributed by atoms with Crippen molar-refractivity contribution in [3.63, 3.8) is 0 Å². The van der Waals surface area contributed by atoms with Crippen molar-refractivity contribution in [2.45, 2.75) is 6.92 Å². The average molecular weight is 302 g/mol. The highest BCUT2D eigenvalue weighted by molar-refractivity contribution is 7.08. The summed E-state index contributed by atoms with van der Waals surface area (Å²) in [5, 5.41) is 9.99. The Morgan fingerprint density at radius 3 is 2.76 bits per heavy atom. The molecule has 0 aromatic carbocycles. The summed E-state index contributed by atoms with van der Waals surface area (Å²) in [6.07, 6.45) is 1.82. The maximum Gasteiger partial charge on any atom is 0.257 e. The highest BCUT2D eigenvalue weighted by atomic mass is 32.1. The van der Waals surface area contributed by atoms with E-state index >= 15 is 0 Å². The number of anilines is 2. The number of nitrogens with one attached hydrogen (secondary N) is 2. The van der Waals surface area contributed by atoms with Crippen molar-refractivity contribution in [3.05, 3.63) is 40.2 Å². The smallest absolute Gasteiger partial charge is 0.257 e. The minimum absolute atomic E-state index is 0.101. The molecule has 1 amide bonds. The van der Waals surface area contributed by atoms with E-state index in [0.29, 0.717) is 11.4 Å². The van der Waals surface area contributed by atoms with Gasteiger partial charge in [-0.25, -0.2) is 4.98 Å². The number of aromatic nitrogens is 1. The predicted octanol–water partition coefficient (Wildman–Crippen LogP) is 2.11. The zero-order valence-electron chi connectivity index (χ0n) is 11.9.